The van der Waals surface area contributed by atoms with E-state index >= 15 is 0 Å². The normalized spacial score (nSPS) is 12.9. The molecule has 18 heavy (non-hydrogen) atoms. The molecule has 1 aromatic carbocycles. The predicted octanol–water partition coefficient (Wildman–Crippen LogP) is 2.01. The van der Waals surface area contributed by atoms with E-state index in [9.17, 15) is 0 Å². The molecule has 0 spiro atoms. The van der Waals surface area contributed by atoms with Crippen LogP contribution in [0.3, 0.4) is 0 Å². The van der Waals surface area contributed by atoms with Crippen molar-refractivity contribution in [3.05, 3.63) is 23.8 Å². The molecule has 0 aliphatic carbocycles. The second-order valence-electron chi connectivity index (χ2n) is 4.00. The highest BCUT2D eigenvalue weighted by Gasteiger charge is 2.11. The average molecular weight is 274 g/mol. The van der Waals surface area contributed by atoms with Crippen molar-refractivity contribution in [1.82, 2.24) is 5.32 Å². The van der Waals surface area contributed by atoms with Gasteiger partial charge in [0.2, 0.25) is 0 Å². The van der Waals surface area contributed by atoms with Crippen LogP contribution in [0, 0.1) is 0 Å². The van der Waals surface area contributed by atoms with Gasteiger partial charge >= 0.3 is 0 Å². The zero-order valence-electron chi connectivity index (χ0n) is 10.6. The molecular formula is C13H20ClNO3. The summed E-state index contributed by atoms with van der Waals surface area (Å²) in [5.74, 6) is 1.70. The number of fused-ring (bicyclic) bond motifs is 1. The number of ether oxygens (including phenoxy) is 3. The summed E-state index contributed by atoms with van der Waals surface area (Å²) >= 11 is 0. The second kappa shape index (κ2) is 8.19. The largest absolute Gasteiger partial charge is 0.486 e. The van der Waals surface area contributed by atoms with Crippen molar-refractivity contribution in [3.63, 3.8) is 0 Å². The van der Waals surface area contributed by atoms with Gasteiger partial charge in [-0.25, -0.2) is 0 Å². The maximum absolute atomic E-state index is 5.54. The summed E-state index contributed by atoms with van der Waals surface area (Å²) in [5, 5.41) is 3.37. The van der Waals surface area contributed by atoms with Gasteiger partial charge in [-0.1, -0.05) is 6.07 Å². The molecule has 0 saturated carbocycles. The average Bonchev–Trinajstić information content (AvgIpc) is 2.38. The van der Waals surface area contributed by atoms with Gasteiger partial charge in [-0.3, -0.25) is 0 Å². The van der Waals surface area contributed by atoms with Crippen LogP contribution in [-0.4, -0.2) is 33.5 Å². The van der Waals surface area contributed by atoms with Crippen molar-refractivity contribution >= 4 is 12.4 Å². The first-order chi connectivity index (χ1) is 8.40. The van der Waals surface area contributed by atoms with Crippen molar-refractivity contribution in [2.24, 2.45) is 0 Å². The Labute approximate surface area is 114 Å². The smallest absolute Gasteiger partial charge is 0.161 e. The Bertz CT molecular complexity index is 360. The highest BCUT2D eigenvalue weighted by atomic mass is 35.5. The number of hydrogen-bond donors (Lipinski definition) is 1. The van der Waals surface area contributed by atoms with Crippen molar-refractivity contribution in [3.8, 4) is 11.5 Å². The maximum Gasteiger partial charge on any atom is 0.161 e. The van der Waals surface area contributed by atoms with Gasteiger partial charge in [0.1, 0.15) is 13.2 Å². The van der Waals surface area contributed by atoms with Gasteiger partial charge < -0.3 is 19.5 Å². The van der Waals surface area contributed by atoms with Crippen LogP contribution in [0.4, 0.5) is 0 Å². The van der Waals surface area contributed by atoms with Crippen LogP contribution < -0.4 is 14.8 Å². The highest BCUT2D eigenvalue weighted by Crippen LogP contribution is 2.30. The Morgan fingerprint density at radius 1 is 1.22 bits per heavy atom. The third-order valence-electron chi connectivity index (χ3n) is 2.64. The number of methoxy groups -OCH3 is 1. The molecule has 1 aliphatic heterocycles. The fraction of sp³-hybridized carbons (Fsp3) is 0.538. The molecule has 0 saturated heterocycles. The van der Waals surface area contributed by atoms with Crippen LogP contribution in [0.1, 0.15) is 12.0 Å². The van der Waals surface area contributed by atoms with Gasteiger partial charge in [0.25, 0.3) is 0 Å². The minimum atomic E-state index is 0. The summed E-state index contributed by atoms with van der Waals surface area (Å²) < 4.78 is 16.0. The van der Waals surface area contributed by atoms with Crippen molar-refractivity contribution in [2.75, 3.05) is 33.5 Å². The Hall–Kier alpha value is -0.970. The van der Waals surface area contributed by atoms with Crippen LogP contribution in [0.15, 0.2) is 18.2 Å². The van der Waals surface area contributed by atoms with E-state index in [1.165, 1.54) is 5.56 Å². The third kappa shape index (κ3) is 4.37. The fourth-order valence-corrected chi connectivity index (χ4v) is 1.77. The number of hydrogen-bond acceptors (Lipinski definition) is 4. The number of benzene rings is 1. The predicted molar refractivity (Wildman–Crippen MR) is 72.9 cm³/mol. The number of halogens is 1. The fourth-order valence-electron chi connectivity index (χ4n) is 1.77. The molecule has 1 heterocycles. The Morgan fingerprint density at radius 3 is 2.78 bits per heavy atom. The SMILES string of the molecule is COCCCNCc1ccc2c(c1)OCCO2.Cl. The first-order valence-corrected chi connectivity index (χ1v) is 5.98. The van der Waals surface area contributed by atoms with Gasteiger partial charge in [0.05, 0.1) is 0 Å². The summed E-state index contributed by atoms with van der Waals surface area (Å²) in [6, 6.07) is 6.08. The van der Waals surface area contributed by atoms with E-state index in [0.29, 0.717) is 13.2 Å². The molecule has 5 heteroatoms. The van der Waals surface area contributed by atoms with Gasteiger partial charge in [-0.15, -0.1) is 12.4 Å². The Kier molecular flexibility index (Phi) is 6.86. The molecule has 0 unspecified atom stereocenters. The second-order valence-corrected chi connectivity index (χ2v) is 4.00. The van der Waals surface area contributed by atoms with Gasteiger partial charge in [0.15, 0.2) is 11.5 Å². The van der Waals surface area contributed by atoms with Crippen LogP contribution in [0.25, 0.3) is 0 Å². The topological polar surface area (TPSA) is 39.7 Å². The monoisotopic (exact) mass is 273 g/mol. The molecule has 0 fully saturated rings. The Morgan fingerprint density at radius 2 is 2.00 bits per heavy atom. The van der Waals surface area contributed by atoms with Crippen LogP contribution >= 0.6 is 12.4 Å². The van der Waals surface area contributed by atoms with Crippen LogP contribution in [0.2, 0.25) is 0 Å². The first-order valence-electron chi connectivity index (χ1n) is 5.98. The van der Waals surface area contributed by atoms with E-state index in [0.717, 1.165) is 37.6 Å². The molecule has 2 rings (SSSR count). The van der Waals surface area contributed by atoms with Crippen molar-refractivity contribution in [1.29, 1.82) is 0 Å². The summed E-state index contributed by atoms with van der Waals surface area (Å²) in [7, 11) is 1.72. The summed E-state index contributed by atoms with van der Waals surface area (Å²) in [6.45, 7) is 3.89. The molecule has 0 atom stereocenters. The molecule has 0 bridgehead atoms. The molecule has 1 aromatic rings. The van der Waals surface area contributed by atoms with E-state index in [1.807, 2.05) is 12.1 Å². The van der Waals surface area contributed by atoms with Gasteiger partial charge in [0, 0.05) is 20.3 Å². The summed E-state index contributed by atoms with van der Waals surface area (Å²) in [5.41, 5.74) is 1.21. The van der Waals surface area contributed by atoms with Gasteiger partial charge in [-0.2, -0.15) is 0 Å². The lowest BCUT2D eigenvalue weighted by molar-refractivity contribution is 0.171. The van der Waals surface area contributed by atoms with Crippen molar-refractivity contribution in [2.45, 2.75) is 13.0 Å². The highest BCUT2D eigenvalue weighted by molar-refractivity contribution is 5.85. The van der Waals surface area contributed by atoms with Crippen molar-refractivity contribution < 1.29 is 14.2 Å². The molecular weight excluding hydrogens is 254 g/mol. The summed E-state index contributed by atoms with van der Waals surface area (Å²) in [4.78, 5) is 0. The molecule has 1 N–H and O–H groups in total. The van der Waals surface area contributed by atoms with Crippen LogP contribution in [-0.2, 0) is 11.3 Å². The van der Waals surface area contributed by atoms with E-state index in [4.69, 9.17) is 14.2 Å². The molecule has 0 radical (unpaired) electrons. The quantitative estimate of drug-likeness (QED) is 0.805. The lowest BCUT2D eigenvalue weighted by Gasteiger charge is -2.19. The molecule has 4 nitrogen and oxygen atoms in total. The lowest BCUT2D eigenvalue weighted by atomic mass is 10.2. The number of rotatable bonds is 6. The van der Waals surface area contributed by atoms with E-state index in [1.54, 1.807) is 7.11 Å². The van der Waals surface area contributed by atoms with E-state index in [-0.39, 0.29) is 12.4 Å². The molecule has 1 aliphatic rings. The zero-order valence-corrected chi connectivity index (χ0v) is 11.4. The number of nitrogens with one attached hydrogen (secondary N) is 1. The minimum Gasteiger partial charge on any atom is -0.486 e. The third-order valence-corrected chi connectivity index (χ3v) is 2.64. The molecule has 0 aromatic heterocycles. The van der Waals surface area contributed by atoms with E-state index in [2.05, 4.69) is 11.4 Å². The van der Waals surface area contributed by atoms with Crippen LogP contribution in [0.5, 0.6) is 11.5 Å². The molecule has 102 valence electrons. The standard InChI is InChI=1S/C13H19NO3.ClH/c1-15-6-2-5-14-10-11-3-4-12-13(9-11)17-8-7-16-12;/h3-4,9,14H,2,5-8,10H2,1H3;1H. The minimum absolute atomic E-state index is 0. The zero-order chi connectivity index (χ0) is 11.9. The summed E-state index contributed by atoms with van der Waals surface area (Å²) in [6.07, 6.45) is 1.03. The first kappa shape index (κ1) is 15.1. The van der Waals surface area contributed by atoms with Gasteiger partial charge in [-0.05, 0) is 30.7 Å². The lowest BCUT2D eigenvalue weighted by Crippen LogP contribution is -2.18. The molecule has 0 amide bonds. The Balaban J connectivity index is 0.00000162. The maximum atomic E-state index is 5.54. The van der Waals surface area contributed by atoms with E-state index < -0.39 is 0 Å².